The summed E-state index contributed by atoms with van der Waals surface area (Å²) in [5, 5.41) is 1.22. The third-order valence-corrected chi connectivity index (χ3v) is 5.13. The van der Waals surface area contributed by atoms with Crippen molar-refractivity contribution in [3.8, 4) is 0 Å². The van der Waals surface area contributed by atoms with E-state index in [9.17, 15) is 14.4 Å². The molecule has 0 radical (unpaired) electrons. The van der Waals surface area contributed by atoms with Crippen molar-refractivity contribution in [3.05, 3.63) is 44.8 Å². The van der Waals surface area contributed by atoms with Crippen LogP contribution < -0.4 is 5.63 Å². The topological polar surface area (TPSA) is 70.8 Å². The predicted molar refractivity (Wildman–Crippen MR) is 92.5 cm³/mol. The second kappa shape index (κ2) is 5.88. The van der Waals surface area contributed by atoms with Crippen molar-refractivity contribution in [2.24, 2.45) is 0 Å². The summed E-state index contributed by atoms with van der Waals surface area (Å²) in [5.74, 6) is -0.241. The SMILES string of the molecule is CCc1cc2oc(=O)cc(CN3C(=O)CN(C4CC4)C3=O)c2cc1Cl. The van der Waals surface area contributed by atoms with Gasteiger partial charge >= 0.3 is 11.7 Å². The third-order valence-electron chi connectivity index (χ3n) is 4.78. The van der Waals surface area contributed by atoms with Crippen LogP contribution in [0.15, 0.2) is 27.4 Å². The molecule has 0 unspecified atom stereocenters. The first kappa shape index (κ1) is 16.1. The van der Waals surface area contributed by atoms with Crippen LogP contribution in [0.4, 0.5) is 4.79 Å². The van der Waals surface area contributed by atoms with Gasteiger partial charge < -0.3 is 9.32 Å². The Labute approximate surface area is 148 Å². The van der Waals surface area contributed by atoms with Crippen molar-refractivity contribution in [1.82, 2.24) is 9.80 Å². The molecule has 2 aromatic rings. The molecule has 2 fully saturated rings. The lowest BCUT2D eigenvalue weighted by Crippen LogP contribution is -2.33. The molecule has 0 atom stereocenters. The van der Waals surface area contributed by atoms with Gasteiger partial charge in [-0.05, 0) is 42.5 Å². The fourth-order valence-corrected chi connectivity index (χ4v) is 3.55. The highest BCUT2D eigenvalue weighted by molar-refractivity contribution is 6.32. The number of hydrogen-bond acceptors (Lipinski definition) is 4. The van der Waals surface area contributed by atoms with Gasteiger partial charge in [-0.15, -0.1) is 0 Å². The van der Waals surface area contributed by atoms with Gasteiger partial charge in [-0.2, -0.15) is 0 Å². The van der Waals surface area contributed by atoms with E-state index in [0.717, 1.165) is 18.4 Å². The zero-order valence-electron chi connectivity index (χ0n) is 13.8. The van der Waals surface area contributed by atoms with E-state index < -0.39 is 5.63 Å². The molecule has 7 heteroatoms. The Morgan fingerprint density at radius 2 is 1.92 bits per heavy atom. The van der Waals surface area contributed by atoms with E-state index in [2.05, 4.69) is 0 Å². The fraction of sp³-hybridized carbons (Fsp3) is 0.389. The number of fused-ring (bicyclic) bond motifs is 1. The second-order valence-corrected chi connectivity index (χ2v) is 6.91. The number of urea groups is 1. The highest BCUT2D eigenvalue weighted by atomic mass is 35.5. The molecule has 3 amide bonds. The molecule has 0 spiro atoms. The van der Waals surface area contributed by atoms with Gasteiger partial charge in [0.05, 0.1) is 6.54 Å². The van der Waals surface area contributed by atoms with Crippen LogP contribution in [-0.2, 0) is 17.8 Å². The molecule has 0 bridgehead atoms. The van der Waals surface area contributed by atoms with Crippen LogP contribution >= 0.6 is 11.6 Å². The summed E-state index contributed by atoms with van der Waals surface area (Å²) in [7, 11) is 0. The molecule has 2 heterocycles. The molecule has 2 aliphatic rings. The number of carbonyl (C=O) groups is 2. The van der Waals surface area contributed by atoms with E-state index in [4.69, 9.17) is 16.0 Å². The summed E-state index contributed by atoms with van der Waals surface area (Å²) in [6, 6.07) is 4.69. The number of amides is 3. The lowest BCUT2D eigenvalue weighted by Gasteiger charge is -2.17. The Balaban J connectivity index is 1.74. The summed E-state index contributed by atoms with van der Waals surface area (Å²) in [5.41, 5.74) is 1.35. The van der Waals surface area contributed by atoms with Crippen LogP contribution in [-0.4, -0.2) is 34.3 Å². The quantitative estimate of drug-likeness (QED) is 0.621. The number of halogens is 1. The first-order valence-electron chi connectivity index (χ1n) is 8.34. The van der Waals surface area contributed by atoms with Crippen molar-refractivity contribution in [1.29, 1.82) is 0 Å². The number of hydrogen-bond donors (Lipinski definition) is 0. The van der Waals surface area contributed by atoms with Gasteiger partial charge in [-0.1, -0.05) is 18.5 Å². The van der Waals surface area contributed by atoms with Crippen molar-refractivity contribution in [2.45, 2.75) is 38.8 Å². The van der Waals surface area contributed by atoms with E-state index in [0.29, 0.717) is 28.0 Å². The number of imide groups is 1. The molecule has 1 aliphatic heterocycles. The van der Waals surface area contributed by atoms with E-state index in [-0.39, 0.29) is 31.1 Å². The predicted octanol–water partition coefficient (Wildman–Crippen LogP) is 2.94. The molecule has 1 aliphatic carbocycles. The minimum atomic E-state index is -0.509. The molecule has 25 heavy (non-hydrogen) atoms. The molecule has 4 rings (SSSR count). The Morgan fingerprint density at radius 3 is 2.60 bits per heavy atom. The molecule has 1 aromatic heterocycles. The first-order chi connectivity index (χ1) is 12.0. The van der Waals surface area contributed by atoms with Crippen LogP contribution in [0.25, 0.3) is 11.0 Å². The van der Waals surface area contributed by atoms with Crippen molar-refractivity contribution >= 4 is 34.5 Å². The number of rotatable bonds is 4. The normalized spacial score (nSPS) is 17.8. The van der Waals surface area contributed by atoms with Crippen molar-refractivity contribution in [2.75, 3.05) is 6.54 Å². The zero-order valence-corrected chi connectivity index (χ0v) is 14.5. The summed E-state index contributed by atoms with van der Waals surface area (Å²) in [6.45, 7) is 2.12. The van der Waals surface area contributed by atoms with Crippen LogP contribution in [0.3, 0.4) is 0 Å². The second-order valence-electron chi connectivity index (χ2n) is 6.51. The van der Waals surface area contributed by atoms with Gasteiger partial charge in [-0.3, -0.25) is 9.69 Å². The van der Waals surface area contributed by atoms with Gasteiger partial charge in [0.2, 0.25) is 0 Å². The highest BCUT2D eigenvalue weighted by Crippen LogP contribution is 2.32. The summed E-state index contributed by atoms with van der Waals surface area (Å²) >= 11 is 6.29. The van der Waals surface area contributed by atoms with E-state index >= 15 is 0 Å². The molecule has 1 saturated carbocycles. The Kier molecular flexibility index (Phi) is 3.80. The molecule has 130 valence electrons. The number of aryl methyl sites for hydroxylation is 1. The van der Waals surface area contributed by atoms with E-state index in [1.165, 1.54) is 11.0 Å². The lowest BCUT2D eigenvalue weighted by molar-refractivity contribution is -0.125. The Bertz CT molecular complexity index is 948. The van der Waals surface area contributed by atoms with Crippen LogP contribution in [0, 0.1) is 0 Å². The maximum absolute atomic E-state index is 12.5. The number of benzene rings is 1. The van der Waals surface area contributed by atoms with Crippen LogP contribution in [0.2, 0.25) is 5.02 Å². The average Bonchev–Trinajstić information content (AvgIpc) is 3.37. The maximum atomic E-state index is 12.5. The molecule has 1 aromatic carbocycles. The number of nitrogens with zero attached hydrogens (tertiary/aromatic N) is 2. The summed E-state index contributed by atoms with van der Waals surface area (Å²) in [4.78, 5) is 39.5. The van der Waals surface area contributed by atoms with Gasteiger partial charge in [0.15, 0.2) is 0 Å². The largest absolute Gasteiger partial charge is 0.423 e. The van der Waals surface area contributed by atoms with Gasteiger partial charge in [0.1, 0.15) is 12.1 Å². The summed E-state index contributed by atoms with van der Waals surface area (Å²) < 4.78 is 5.27. The molecular formula is C18H17ClN2O4. The standard InChI is InChI=1S/C18H17ClN2O4/c1-2-10-5-15-13(7-14(10)19)11(6-17(23)25-15)8-21-16(22)9-20(18(21)24)12-3-4-12/h5-7,12H,2-4,8-9H2,1H3. The summed E-state index contributed by atoms with van der Waals surface area (Å²) in [6.07, 6.45) is 2.60. The van der Waals surface area contributed by atoms with Crippen molar-refractivity contribution < 1.29 is 14.0 Å². The zero-order chi connectivity index (χ0) is 17.7. The molecular weight excluding hydrogens is 344 g/mol. The van der Waals surface area contributed by atoms with Crippen LogP contribution in [0.1, 0.15) is 30.9 Å². The Hall–Kier alpha value is -2.34. The smallest absolute Gasteiger partial charge is 0.336 e. The lowest BCUT2D eigenvalue weighted by atomic mass is 10.1. The van der Waals surface area contributed by atoms with Crippen molar-refractivity contribution in [3.63, 3.8) is 0 Å². The molecule has 6 nitrogen and oxygen atoms in total. The maximum Gasteiger partial charge on any atom is 0.336 e. The van der Waals surface area contributed by atoms with Crippen LogP contribution in [0.5, 0.6) is 0 Å². The van der Waals surface area contributed by atoms with Gasteiger partial charge in [0, 0.05) is 22.5 Å². The van der Waals surface area contributed by atoms with Gasteiger partial charge in [0.25, 0.3) is 5.91 Å². The number of carbonyl (C=O) groups excluding carboxylic acids is 2. The first-order valence-corrected chi connectivity index (χ1v) is 8.72. The van der Waals surface area contributed by atoms with E-state index in [1.807, 2.05) is 6.92 Å². The highest BCUT2D eigenvalue weighted by Gasteiger charge is 2.43. The molecule has 0 N–H and O–H groups in total. The van der Waals surface area contributed by atoms with Gasteiger partial charge in [-0.25, -0.2) is 9.59 Å². The Morgan fingerprint density at radius 1 is 1.16 bits per heavy atom. The monoisotopic (exact) mass is 360 g/mol. The minimum absolute atomic E-state index is 0.0464. The fourth-order valence-electron chi connectivity index (χ4n) is 3.25. The average molecular weight is 361 g/mol. The third kappa shape index (κ3) is 2.80. The minimum Gasteiger partial charge on any atom is -0.423 e. The molecule has 1 saturated heterocycles. The van der Waals surface area contributed by atoms with E-state index in [1.54, 1.807) is 17.0 Å².